The molecule has 3 aromatic rings. The molecular formula is C28H27N3O5S. The van der Waals surface area contributed by atoms with Gasteiger partial charge in [-0.1, -0.05) is 48.2 Å². The Bertz CT molecular complexity index is 1290. The van der Waals surface area contributed by atoms with E-state index in [1.807, 2.05) is 18.2 Å². The second kappa shape index (κ2) is 12.2. The molecule has 190 valence electrons. The Labute approximate surface area is 219 Å². The monoisotopic (exact) mass is 517 g/mol. The van der Waals surface area contributed by atoms with E-state index in [1.54, 1.807) is 48.4 Å². The number of ether oxygens (including phenoxy) is 1. The molecule has 1 saturated heterocycles. The number of aliphatic imine (C=N–C) groups is 1. The highest BCUT2D eigenvalue weighted by molar-refractivity contribution is 8.15. The molecule has 8 nitrogen and oxygen atoms in total. The fraction of sp³-hybridized carbons (Fsp3) is 0.214. The quantitative estimate of drug-likeness (QED) is 0.414. The van der Waals surface area contributed by atoms with Crippen molar-refractivity contribution in [3.8, 4) is 5.75 Å². The van der Waals surface area contributed by atoms with Gasteiger partial charge in [0.15, 0.2) is 5.17 Å². The Hall–Kier alpha value is -4.11. The minimum atomic E-state index is -1.08. The summed E-state index contributed by atoms with van der Waals surface area (Å²) in [5.74, 6) is -0.957. The Morgan fingerprint density at radius 2 is 1.84 bits per heavy atom. The van der Waals surface area contributed by atoms with Crippen molar-refractivity contribution < 1.29 is 24.2 Å². The maximum atomic E-state index is 13.2. The van der Waals surface area contributed by atoms with E-state index < -0.39 is 11.2 Å². The smallest absolute Gasteiger partial charge is 0.335 e. The van der Waals surface area contributed by atoms with Crippen molar-refractivity contribution in [2.24, 2.45) is 4.99 Å². The third-order valence-corrected chi connectivity index (χ3v) is 6.98. The van der Waals surface area contributed by atoms with Crippen LogP contribution in [0.3, 0.4) is 0 Å². The molecule has 1 unspecified atom stereocenters. The van der Waals surface area contributed by atoms with E-state index in [2.05, 4.69) is 17.4 Å². The van der Waals surface area contributed by atoms with Crippen LogP contribution in [-0.4, -0.2) is 51.9 Å². The van der Waals surface area contributed by atoms with Gasteiger partial charge in [0.1, 0.15) is 11.0 Å². The van der Waals surface area contributed by atoms with Gasteiger partial charge in [-0.05, 0) is 60.9 Å². The lowest BCUT2D eigenvalue weighted by molar-refractivity contribution is -0.129. The van der Waals surface area contributed by atoms with E-state index in [0.29, 0.717) is 28.8 Å². The zero-order chi connectivity index (χ0) is 26.2. The van der Waals surface area contributed by atoms with Crippen molar-refractivity contribution in [1.29, 1.82) is 0 Å². The highest BCUT2D eigenvalue weighted by atomic mass is 32.2. The maximum absolute atomic E-state index is 13.2. The Morgan fingerprint density at radius 3 is 2.54 bits per heavy atom. The molecule has 0 radical (unpaired) electrons. The van der Waals surface area contributed by atoms with Gasteiger partial charge >= 0.3 is 5.97 Å². The number of rotatable bonds is 9. The van der Waals surface area contributed by atoms with Crippen LogP contribution in [0.15, 0.2) is 83.9 Å². The van der Waals surface area contributed by atoms with Gasteiger partial charge in [-0.3, -0.25) is 14.5 Å². The van der Waals surface area contributed by atoms with Crippen molar-refractivity contribution in [2.75, 3.05) is 19.0 Å². The van der Waals surface area contributed by atoms with Crippen LogP contribution in [-0.2, 0) is 16.0 Å². The second-order valence-electron chi connectivity index (χ2n) is 8.41. The molecule has 0 saturated carbocycles. The van der Waals surface area contributed by atoms with E-state index in [0.717, 1.165) is 12.8 Å². The number of methoxy groups -OCH3 is 1. The van der Waals surface area contributed by atoms with Gasteiger partial charge in [0.25, 0.3) is 0 Å². The van der Waals surface area contributed by atoms with E-state index in [1.165, 1.54) is 29.5 Å². The highest BCUT2D eigenvalue weighted by Crippen LogP contribution is 2.31. The molecule has 2 N–H and O–H groups in total. The number of thioether (sulfide) groups is 1. The third-order valence-electron chi connectivity index (χ3n) is 5.80. The number of amides is 2. The Kier molecular flexibility index (Phi) is 8.58. The van der Waals surface area contributed by atoms with Gasteiger partial charge in [0.2, 0.25) is 11.8 Å². The fourth-order valence-electron chi connectivity index (χ4n) is 3.87. The number of aryl methyl sites for hydroxylation is 1. The first kappa shape index (κ1) is 26.0. The van der Waals surface area contributed by atoms with E-state index in [9.17, 15) is 19.5 Å². The van der Waals surface area contributed by atoms with E-state index >= 15 is 0 Å². The number of carbonyl (C=O) groups is 3. The molecule has 0 aliphatic carbocycles. The lowest BCUT2D eigenvalue weighted by Gasteiger charge is -2.32. The summed E-state index contributed by atoms with van der Waals surface area (Å²) >= 11 is 1.23. The maximum Gasteiger partial charge on any atom is 0.335 e. The summed E-state index contributed by atoms with van der Waals surface area (Å²) in [6.45, 7) is 0.477. The first-order valence-corrected chi connectivity index (χ1v) is 12.7. The summed E-state index contributed by atoms with van der Waals surface area (Å²) in [4.78, 5) is 43.9. The van der Waals surface area contributed by atoms with Gasteiger partial charge in [-0.15, -0.1) is 0 Å². The molecule has 9 heteroatoms. The number of hydrogen-bond donors (Lipinski definition) is 2. The number of nitrogens with zero attached hydrogens (tertiary/aromatic N) is 2. The average molecular weight is 518 g/mol. The molecule has 0 spiro atoms. The summed E-state index contributed by atoms with van der Waals surface area (Å²) in [5, 5.41) is 11.7. The largest absolute Gasteiger partial charge is 0.497 e. The topological polar surface area (TPSA) is 108 Å². The molecule has 37 heavy (non-hydrogen) atoms. The number of benzene rings is 3. The van der Waals surface area contributed by atoms with Crippen molar-refractivity contribution >= 4 is 46.1 Å². The lowest BCUT2D eigenvalue weighted by atomic mass is 10.1. The number of hydrogen-bond acceptors (Lipinski definition) is 6. The number of aromatic carboxylic acids is 1. The highest BCUT2D eigenvalue weighted by Gasteiger charge is 2.35. The Balaban J connectivity index is 1.52. The molecule has 1 fully saturated rings. The standard InChI is InChI=1S/C28H27N3O5S/c1-36-23-14-12-21(13-15-23)30-28-31(16-6-9-19-7-3-2-4-8-19)25(32)18-24(37-28)26(33)29-22-11-5-10-20(17-22)27(34)35/h2-5,7-8,10-15,17,24H,6,9,16,18H2,1H3,(H,29,33)(H,34,35). The fourth-order valence-corrected chi connectivity index (χ4v) is 4.99. The predicted octanol–water partition coefficient (Wildman–Crippen LogP) is 4.99. The summed E-state index contributed by atoms with van der Waals surface area (Å²) in [5.41, 5.74) is 2.25. The molecule has 1 aliphatic heterocycles. The minimum absolute atomic E-state index is 0.0160. The summed E-state index contributed by atoms with van der Waals surface area (Å²) in [7, 11) is 1.58. The molecule has 4 rings (SSSR count). The van der Waals surface area contributed by atoms with E-state index in [-0.39, 0.29) is 23.8 Å². The summed E-state index contributed by atoms with van der Waals surface area (Å²) in [6.07, 6.45) is 1.58. The zero-order valence-electron chi connectivity index (χ0n) is 20.3. The van der Waals surface area contributed by atoms with Crippen LogP contribution >= 0.6 is 11.8 Å². The number of carboxylic acids is 1. The van der Waals surface area contributed by atoms with Crippen molar-refractivity contribution in [1.82, 2.24) is 4.90 Å². The van der Waals surface area contributed by atoms with Crippen molar-refractivity contribution in [3.05, 3.63) is 90.0 Å². The first-order valence-electron chi connectivity index (χ1n) is 11.8. The van der Waals surface area contributed by atoms with E-state index in [4.69, 9.17) is 9.73 Å². The van der Waals surface area contributed by atoms with Crippen LogP contribution in [0.25, 0.3) is 0 Å². The summed E-state index contributed by atoms with van der Waals surface area (Å²) < 4.78 is 5.21. The number of carboxylic acid groups (broad SMARTS) is 1. The van der Waals surface area contributed by atoms with Crippen LogP contribution in [0, 0.1) is 0 Å². The molecule has 2 amide bonds. The van der Waals surface area contributed by atoms with Gasteiger partial charge in [-0.2, -0.15) is 0 Å². The zero-order valence-corrected chi connectivity index (χ0v) is 21.1. The van der Waals surface area contributed by atoms with Crippen LogP contribution in [0.5, 0.6) is 5.75 Å². The van der Waals surface area contributed by atoms with Gasteiger partial charge in [0.05, 0.1) is 18.4 Å². The summed E-state index contributed by atoms with van der Waals surface area (Å²) in [6, 6.07) is 23.2. The van der Waals surface area contributed by atoms with Crippen molar-refractivity contribution in [2.45, 2.75) is 24.5 Å². The van der Waals surface area contributed by atoms with Gasteiger partial charge in [0, 0.05) is 18.7 Å². The van der Waals surface area contributed by atoms with Crippen LogP contribution in [0.1, 0.15) is 28.8 Å². The molecular weight excluding hydrogens is 490 g/mol. The second-order valence-corrected chi connectivity index (χ2v) is 9.58. The first-order chi connectivity index (χ1) is 17.9. The van der Waals surface area contributed by atoms with Gasteiger partial charge < -0.3 is 15.2 Å². The van der Waals surface area contributed by atoms with Crippen molar-refractivity contribution in [3.63, 3.8) is 0 Å². The normalized spacial score (nSPS) is 16.5. The molecule has 0 bridgehead atoms. The molecule has 3 aromatic carbocycles. The molecule has 1 aliphatic rings. The number of amidine groups is 1. The van der Waals surface area contributed by atoms with Crippen LogP contribution < -0.4 is 10.1 Å². The third kappa shape index (κ3) is 6.98. The number of carbonyl (C=O) groups excluding carboxylic acids is 2. The SMILES string of the molecule is COc1ccc(N=C2SC(C(=O)Nc3cccc(C(=O)O)c3)CC(=O)N2CCCc2ccccc2)cc1. The molecule has 0 aromatic heterocycles. The minimum Gasteiger partial charge on any atom is -0.497 e. The number of nitrogens with one attached hydrogen (secondary N) is 1. The average Bonchev–Trinajstić information content (AvgIpc) is 2.91. The van der Waals surface area contributed by atoms with Crippen LogP contribution in [0.4, 0.5) is 11.4 Å². The molecule has 1 atom stereocenters. The lowest BCUT2D eigenvalue weighted by Crippen LogP contribution is -2.45. The number of anilines is 1. The van der Waals surface area contributed by atoms with Crippen LogP contribution in [0.2, 0.25) is 0 Å². The van der Waals surface area contributed by atoms with Gasteiger partial charge in [-0.25, -0.2) is 9.79 Å². The Morgan fingerprint density at radius 1 is 1.08 bits per heavy atom. The predicted molar refractivity (Wildman–Crippen MR) is 145 cm³/mol. The molecule has 1 heterocycles.